The van der Waals surface area contributed by atoms with Gasteiger partial charge in [-0.15, -0.1) is 0 Å². The predicted octanol–water partition coefficient (Wildman–Crippen LogP) is 2.37. The molecule has 0 heterocycles. The van der Waals surface area contributed by atoms with Gasteiger partial charge in [0.15, 0.2) is 0 Å². The second kappa shape index (κ2) is 8.01. The van der Waals surface area contributed by atoms with Crippen LogP contribution >= 0.6 is 11.8 Å². The molecule has 1 rings (SSSR count). The maximum Gasteiger partial charge on any atom is 0.319 e. The lowest BCUT2D eigenvalue weighted by molar-refractivity contribution is 0.241. The molecule has 0 aliphatic heterocycles. The van der Waals surface area contributed by atoms with Crippen molar-refractivity contribution in [3.63, 3.8) is 0 Å². The summed E-state index contributed by atoms with van der Waals surface area (Å²) in [6.45, 7) is 1.68. The van der Waals surface area contributed by atoms with Gasteiger partial charge < -0.3 is 15.7 Å². The number of hydrogen-bond acceptors (Lipinski definition) is 3. The molecule has 1 aromatic carbocycles. The molecule has 106 valence electrons. The molecule has 2 amide bonds. The van der Waals surface area contributed by atoms with Crippen molar-refractivity contribution < 1.29 is 14.3 Å². The average molecular weight is 286 g/mol. The number of aryl methyl sites for hydroxylation is 1. The molecule has 4 nitrogen and oxygen atoms in total. The highest BCUT2D eigenvalue weighted by Gasteiger charge is 2.11. The molecule has 0 radical (unpaired) electrons. The van der Waals surface area contributed by atoms with Gasteiger partial charge in [0.05, 0.1) is 0 Å². The van der Waals surface area contributed by atoms with E-state index in [0.717, 1.165) is 5.75 Å². The molecule has 1 aromatic rings. The van der Waals surface area contributed by atoms with Gasteiger partial charge in [-0.2, -0.15) is 11.8 Å². The second-order valence-electron chi connectivity index (χ2n) is 4.23. The smallest absolute Gasteiger partial charge is 0.319 e. The summed E-state index contributed by atoms with van der Waals surface area (Å²) in [6.07, 6.45) is 2.43. The number of aliphatic hydroxyl groups excluding tert-OH is 1. The standard InChI is InChI=1S/C13H19FN2O2S/c1-9-3-4-10(7-12(9)14)15-13(18)16-11(5-6-17)8-19-2/h3-4,7,11,17H,5-6,8H2,1-2H3,(H2,15,16,18). The number of carbonyl (C=O) groups excluding carboxylic acids is 1. The van der Waals surface area contributed by atoms with E-state index < -0.39 is 6.03 Å². The number of halogens is 1. The van der Waals surface area contributed by atoms with Crippen LogP contribution in [0.5, 0.6) is 0 Å². The van der Waals surface area contributed by atoms with E-state index in [4.69, 9.17) is 5.11 Å². The Bertz CT molecular complexity index is 423. The predicted molar refractivity (Wildman–Crippen MR) is 77.2 cm³/mol. The number of benzene rings is 1. The third-order valence-corrected chi connectivity index (χ3v) is 3.35. The van der Waals surface area contributed by atoms with Gasteiger partial charge in [0.25, 0.3) is 0 Å². The Kier molecular flexibility index (Phi) is 6.66. The monoisotopic (exact) mass is 286 g/mol. The Morgan fingerprint density at radius 2 is 2.26 bits per heavy atom. The first kappa shape index (κ1) is 15.8. The van der Waals surface area contributed by atoms with Gasteiger partial charge in [-0.25, -0.2) is 9.18 Å². The first-order chi connectivity index (χ1) is 9.06. The van der Waals surface area contributed by atoms with Crippen LogP contribution in [0.4, 0.5) is 14.9 Å². The van der Waals surface area contributed by atoms with Crippen molar-refractivity contribution in [3.05, 3.63) is 29.6 Å². The molecule has 0 aliphatic carbocycles. The number of urea groups is 1. The second-order valence-corrected chi connectivity index (χ2v) is 5.14. The van der Waals surface area contributed by atoms with Crippen molar-refractivity contribution in [2.45, 2.75) is 19.4 Å². The van der Waals surface area contributed by atoms with Crippen molar-refractivity contribution in [1.82, 2.24) is 5.32 Å². The molecule has 1 atom stereocenters. The molecule has 6 heteroatoms. The molecule has 0 fully saturated rings. The highest BCUT2D eigenvalue weighted by atomic mass is 32.2. The summed E-state index contributed by atoms with van der Waals surface area (Å²) in [5.74, 6) is 0.366. The number of aliphatic hydroxyl groups is 1. The van der Waals surface area contributed by atoms with E-state index >= 15 is 0 Å². The molecule has 0 aromatic heterocycles. The Hall–Kier alpha value is -1.27. The lowest BCUT2D eigenvalue weighted by atomic mass is 10.2. The van der Waals surface area contributed by atoms with Crippen LogP contribution < -0.4 is 10.6 Å². The molecule has 0 aliphatic rings. The lowest BCUT2D eigenvalue weighted by Gasteiger charge is -2.17. The third kappa shape index (κ3) is 5.48. The molecule has 3 N–H and O–H groups in total. The van der Waals surface area contributed by atoms with Crippen molar-refractivity contribution in [3.8, 4) is 0 Å². The Morgan fingerprint density at radius 3 is 2.84 bits per heavy atom. The zero-order valence-corrected chi connectivity index (χ0v) is 11.9. The molecule has 0 bridgehead atoms. The molecular formula is C13H19FN2O2S. The van der Waals surface area contributed by atoms with Crippen LogP contribution in [0.1, 0.15) is 12.0 Å². The molecular weight excluding hydrogens is 267 g/mol. The van der Waals surface area contributed by atoms with Crippen LogP contribution in [-0.4, -0.2) is 35.8 Å². The first-order valence-electron chi connectivity index (χ1n) is 6.00. The summed E-state index contributed by atoms with van der Waals surface area (Å²) in [7, 11) is 0. The van der Waals surface area contributed by atoms with Gasteiger partial charge in [0, 0.05) is 24.1 Å². The fourth-order valence-electron chi connectivity index (χ4n) is 1.58. The maximum absolute atomic E-state index is 13.3. The molecule has 0 saturated heterocycles. The minimum atomic E-state index is -0.393. The minimum Gasteiger partial charge on any atom is -0.396 e. The quantitative estimate of drug-likeness (QED) is 0.752. The number of hydrogen-bond donors (Lipinski definition) is 3. The molecule has 0 saturated carbocycles. The third-order valence-electron chi connectivity index (χ3n) is 2.61. The van der Waals surface area contributed by atoms with Gasteiger partial charge in [0.2, 0.25) is 0 Å². The Morgan fingerprint density at radius 1 is 1.53 bits per heavy atom. The number of nitrogens with one attached hydrogen (secondary N) is 2. The van der Waals surface area contributed by atoms with Gasteiger partial charge >= 0.3 is 6.03 Å². The molecule has 0 spiro atoms. The van der Waals surface area contributed by atoms with Gasteiger partial charge in [-0.1, -0.05) is 6.07 Å². The fraction of sp³-hybridized carbons (Fsp3) is 0.462. The summed E-state index contributed by atoms with van der Waals surface area (Å²) < 4.78 is 13.3. The van der Waals surface area contributed by atoms with Crippen LogP contribution in [0.3, 0.4) is 0 Å². The van der Waals surface area contributed by atoms with E-state index in [0.29, 0.717) is 17.7 Å². The number of rotatable bonds is 6. The van der Waals surface area contributed by atoms with Gasteiger partial charge in [-0.3, -0.25) is 0 Å². The Labute approximate surface area is 116 Å². The first-order valence-corrected chi connectivity index (χ1v) is 7.39. The number of anilines is 1. The van der Waals surface area contributed by atoms with E-state index in [1.54, 1.807) is 30.8 Å². The fourth-order valence-corrected chi connectivity index (χ4v) is 2.23. The van der Waals surface area contributed by atoms with Crippen LogP contribution in [0.25, 0.3) is 0 Å². The number of thioether (sulfide) groups is 1. The van der Waals surface area contributed by atoms with Crippen molar-refractivity contribution in [1.29, 1.82) is 0 Å². The summed E-state index contributed by atoms with van der Waals surface area (Å²) >= 11 is 1.59. The minimum absolute atomic E-state index is 0.0185. The molecule has 19 heavy (non-hydrogen) atoms. The van der Waals surface area contributed by atoms with Crippen LogP contribution in [0.15, 0.2) is 18.2 Å². The maximum atomic E-state index is 13.3. The topological polar surface area (TPSA) is 61.4 Å². The van der Waals surface area contributed by atoms with Crippen LogP contribution in [0.2, 0.25) is 0 Å². The number of carbonyl (C=O) groups is 1. The zero-order valence-electron chi connectivity index (χ0n) is 11.1. The Balaban J connectivity index is 2.55. The largest absolute Gasteiger partial charge is 0.396 e. The van der Waals surface area contributed by atoms with E-state index in [9.17, 15) is 9.18 Å². The van der Waals surface area contributed by atoms with E-state index in [1.807, 2.05) is 6.26 Å². The van der Waals surface area contributed by atoms with Crippen LogP contribution in [0, 0.1) is 12.7 Å². The highest BCUT2D eigenvalue weighted by molar-refractivity contribution is 7.98. The van der Waals surface area contributed by atoms with Gasteiger partial charge in [0.1, 0.15) is 5.82 Å². The van der Waals surface area contributed by atoms with Crippen molar-refractivity contribution >= 4 is 23.5 Å². The highest BCUT2D eigenvalue weighted by Crippen LogP contribution is 2.13. The van der Waals surface area contributed by atoms with Gasteiger partial charge in [-0.05, 0) is 37.3 Å². The van der Waals surface area contributed by atoms with Crippen molar-refractivity contribution in [2.75, 3.05) is 23.9 Å². The molecule has 1 unspecified atom stereocenters. The number of amides is 2. The zero-order chi connectivity index (χ0) is 14.3. The lowest BCUT2D eigenvalue weighted by Crippen LogP contribution is -2.40. The van der Waals surface area contributed by atoms with Crippen molar-refractivity contribution in [2.24, 2.45) is 0 Å². The summed E-state index contributed by atoms with van der Waals surface area (Å²) in [5.41, 5.74) is 0.944. The normalized spacial score (nSPS) is 12.0. The average Bonchev–Trinajstić information content (AvgIpc) is 2.34. The SMILES string of the molecule is CSCC(CCO)NC(=O)Nc1ccc(C)c(F)c1. The summed E-state index contributed by atoms with van der Waals surface area (Å²) in [5, 5.41) is 14.2. The van der Waals surface area contributed by atoms with E-state index in [1.165, 1.54) is 6.07 Å². The summed E-state index contributed by atoms with van der Waals surface area (Å²) in [6, 6.07) is 4.04. The van der Waals surface area contributed by atoms with E-state index in [2.05, 4.69) is 10.6 Å². The van der Waals surface area contributed by atoms with E-state index in [-0.39, 0.29) is 18.5 Å². The van der Waals surface area contributed by atoms with Crippen LogP contribution in [-0.2, 0) is 0 Å². The summed E-state index contributed by atoms with van der Waals surface area (Å²) in [4.78, 5) is 11.7.